The lowest BCUT2D eigenvalue weighted by atomic mass is 10.0. The molecule has 17 heavy (non-hydrogen) atoms. The molecule has 1 unspecified atom stereocenters. The molecule has 0 heterocycles. The minimum atomic E-state index is -0.00179. The smallest absolute Gasteiger partial charge is 0.233 e. The third-order valence-electron chi connectivity index (χ3n) is 2.89. The highest BCUT2D eigenvalue weighted by Crippen LogP contribution is 2.18. The lowest BCUT2D eigenvalue weighted by Gasteiger charge is -2.26. The number of carbonyl (C=O) groups is 1. The molecule has 0 aliphatic carbocycles. The Kier molecular flexibility index (Phi) is 5.12. The third kappa shape index (κ3) is 3.84. The number of amides is 1. The fourth-order valence-electron chi connectivity index (χ4n) is 1.77. The van der Waals surface area contributed by atoms with Crippen molar-refractivity contribution in [1.82, 2.24) is 10.2 Å². The van der Waals surface area contributed by atoms with Crippen LogP contribution in [0, 0.1) is 6.92 Å². The Bertz CT molecular complexity index is 361. The summed E-state index contributed by atoms with van der Waals surface area (Å²) in [5.41, 5.74) is 8.15. The van der Waals surface area contributed by atoms with Crippen LogP contribution in [0.25, 0.3) is 0 Å². The Morgan fingerprint density at radius 1 is 1.41 bits per heavy atom. The van der Waals surface area contributed by atoms with Crippen LogP contribution in [0.15, 0.2) is 24.3 Å². The molecule has 1 atom stereocenters. The van der Waals surface area contributed by atoms with Crippen LogP contribution >= 0.6 is 0 Å². The summed E-state index contributed by atoms with van der Waals surface area (Å²) in [5, 5.41) is 2.61. The van der Waals surface area contributed by atoms with E-state index in [1.165, 1.54) is 5.56 Å². The van der Waals surface area contributed by atoms with Gasteiger partial charge in [-0.25, -0.2) is 0 Å². The van der Waals surface area contributed by atoms with E-state index in [1.807, 2.05) is 11.9 Å². The van der Waals surface area contributed by atoms with Crippen molar-refractivity contribution in [1.29, 1.82) is 0 Å². The summed E-state index contributed by atoms with van der Waals surface area (Å²) in [6, 6.07) is 8.32. The Labute approximate surface area is 103 Å². The molecule has 0 aliphatic rings. The van der Waals surface area contributed by atoms with Crippen LogP contribution in [0.2, 0.25) is 0 Å². The Balaban J connectivity index is 2.76. The predicted molar refractivity (Wildman–Crippen MR) is 69.7 cm³/mol. The summed E-state index contributed by atoms with van der Waals surface area (Å²) in [7, 11) is 3.55. The average Bonchev–Trinajstić information content (AvgIpc) is 2.32. The Hall–Kier alpha value is -1.39. The third-order valence-corrected chi connectivity index (χ3v) is 2.89. The average molecular weight is 235 g/mol. The van der Waals surface area contributed by atoms with Gasteiger partial charge in [0.1, 0.15) is 0 Å². The van der Waals surface area contributed by atoms with Gasteiger partial charge in [-0.1, -0.05) is 29.8 Å². The number of hydrogen-bond donors (Lipinski definition) is 2. The molecule has 4 nitrogen and oxygen atoms in total. The van der Waals surface area contributed by atoms with E-state index in [4.69, 9.17) is 5.73 Å². The number of nitrogens with one attached hydrogen (secondary N) is 1. The maximum atomic E-state index is 11.3. The summed E-state index contributed by atoms with van der Waals surface area (Å²) >= 11 is 0. The van der Waals surface area contributed by atoms with Crippen molar-refractivity contribution in [2.45, 2.75) is 13.0 Å². The lowest BCUT2D eigenvalue weighted by molar-refractivity contribution is -0.121. The van der Waals surface area contributed by atoms with Gasteiger partial charge in [0.2, 0.25) is 5.91 Å². The minimum absolute atomic E-state index is 0.00179. The first-order valence-corrected chi connectivity index (χ1v) is 5.76. The van der Waals surface area contributed by atoms with Crippen LogP contribution in [0.1, 0.15) is 17.2 Å². The van der Waals surface area contributed by atoms with E-state index in [2.05, 4.69) is 36.5 Å². The molecule has 0 aliphatic heterocycles. The first-order chi connectivity index (χ1) is 8.08. The zero-order valence-corrected chi connectivity index (χ0v) is 10.7. The molecule has 1 rings (SSSR count). The second-order valence-corrected chi connectivity index (χ2v) is 4.25. The highest BCUT2D eigenvalue weighted by molar-refractivity contribution is 5.77. The van der Waals surface area contributed by atoms with E-state index < -0.39 is 0 Å². The largest absolute Gasteiger partial charge is 0.358 e. The molecular weight excluding hydrogens is 214 g/mol. The van der Waals surface area contributed by atoms with Gasteiger partial charge in [0.15, 0.2) is 0 Å². The van der Waals surface area contributed by atoms with Crippen LogP contribution in [0.4, 0.5) is 0 Å². The standard InChI is InChI=1S/C13H21N3O/c1-10-4-6-11(7-5-10)12(8-14)16(3)9-13(17)15-2/h4-7,12H,8-9,14H2,1-3H3,(H,15,17). The second-order valence-electron chi connectivity index (χ2n) is 4.25. The maximum Gasteiger partial charge on any atom is 0.233 e. The van der Waals surface area contributed by atoms with Crippen molar-refractivity contribution in [2.24, 2.45) is 5.73 Å². The van der Waals surface area contributed by atoms with Gasteiger partial charge in [0, 0.05) is 19.6 Å². The van der Waals surface area contributed by atoms with E-state index in [-0.39, 0.29) is 11.9 Å². The molecule has 1 aromatic carbocycles. The SMILES string of the molecule is CNC(=O)CN(C)C(CN)c1ccc(C)cc1. The monoisotopic (exact) mass is 235 g/mol. The number of nitrogens with zero attached hydrogens (tertiary/aromatic N) is 1. The van der Waals surface area contributed by atoms with Gasteiger partial charge in [-0.15, -0.1) is 0 Å². The van der Waals surface area contributed by atoms with Gasteiger partial charge in [0.25, 0.3) is 0 Å². The fourth-order valence-corrected chi connectivity index (χ4v) is 1.77. The molecule has 1 amide bonds. The van der Waals surface area contributed by atoms with E-state index in [0.29, 0.717) is 13.1 Å². The van der Waals surface area contributed by atoms with Gasteiger partial charge in [-0.3, -0.25) is 9.69 Å². The number of hydrogen-bond acceptors (Lipinski definition) is 3. The molecule has 3 N–H and O–H groups in total. The molecule has 1 aromatic rings. The molecule has 0 spiro atoms. The molecule has 0 radical (unpaired) electrons. The zero-order valence-electron chi connectivity index (χ0n) is 10.7. The topological polar surface area (TPSA) is 58.4 Å². The van der Waals surface area contributed by atoms with E-state index in [1.54, 1.807) is 7.05 Å². The molecule has 0 saturated heterocycles. The number of aryl methyl sites for hydroxylation is 1. The summed E-state index contributed by atoms with van der Waals surface area (Å²) in [4.78, 5) is 13.3. The number of nitrogens with two attached hydrogens (primary N) is 1. The van der Waals surface area contributed by atoms with Crippen molar-refractivity contribution in [3.05, 3.63) is 35.4 Å². The minimum Gasteiger partial charge on any atom is -0.358 e. The zero-order chi connectivity index (χ0) is 12.8. The molecule has 0 fully saturated rings. The van der Waals surface area contributed by atoms with Gasteiger partial charge < -0.3 is 11.1 Å². The first kappa shape index (κ1) is 13.7. The summed E-state index contributed by atoms with van der Waals surface area (Å²) in [6.45, 7) is 2.90. The Morgan fingerprint density at radius 2 is 2.00 bits per heavy atom. The summed E-state index contributed by atoms with van der Waals surface area (Å²) in [6.07, 6.45) is 0. The predicted octanol–water partition coefficient (Wildman–Crippen LogP) is 0.673. The summed E-state index contributed by atoms with van der Waals surface area (Å²) in [5.74, 6) is -0.00179. The van der Waals surface area contributed by atoms with Gasteiger partial charge in [0.05, 0.1) is 6.54 Å². The van der Waals surface area contributed by atoms with Crippen LogP contribution in [-0.2, 0) is 4.79 Å². The van der Waals surface area contributed by atoms with Gasteiger partial charge in [-0.05, 0) is 19.5 Å². The van der Waals surface area contributed by atoms with Crippen LogP contribution < -0.4 is 11.1 Å². The molecule has 0 aromatic heterocycles. The number of likely N-dealkylation sites (N-methyl/N-ethyl adjacent to an activating group) is 2. The number of rotatable bonds is 5. The van der Waals surface area contributed by atoms with Crippen LogP contribution in [0.3, 0.4) is 0 Å². The number of benzene rings is 1. The van der Waals surface area contributed by atoms with E-state index >= 15 is 0 Å². The van der Waals surface area contributed by atoms with E-state index in [0.717, 1.165) is 5.56 Å². The van der Waals surface area contributed by atoms with Crippen molar-refractivity contribution < 1.29 is 4.79 Å². The molecule has 0 bridgehead atoms. The second kappa shape index (κ2) is 6.37. The normalized spacial score (nSPS) is 12.5. The van der Waals surface area contributed by atoms with Crippen molar-refractivity contribution >= 4 is 5.91 Å². The van der Waals surface area contributed by atoms with Gasteiger partial charge in [-0.2, -0.15) is 0 Å². The molecule has 4 heteroatoms. The lowest BCUT2D eigenvalue weighted by Crippen LogP contribution is -2.38. The van der Waals surface area contributed by atoms with Crippen molar-refractivity contribution in [2.75, 3.05) is 27.2 Å². The Morgan fingerprint density at radius 3 is 2.47 bits per heavy atom. The fraction of sp³-hybridized carbons (Fsp3) is 0.462. The molecular formula is C13H21N3O. The highest BCUT2D eigenvalue weighted by Gasteiger charge is 2.17. The van der Waals surface area contributed by atoms with E-state index in [9.17, 15) is 4.79 Å². The number of carbonyl (C=O) groups excluding carboxylic acids is 1. The quantitative estimate of drug-likeness (QED) is 0.789. The summed E-state index contributed by atoms with van der Waals surface area (Å²) < 4.78 is 0. The molecule has 94 valence electrons. The first-order valence-electron chi connectivity index (χ1n) is 5.76. The van der Waals surface area contributed by atoms with Crippen molar-refractivity contribution in [3.8, 4) is 0 Å². The van der Waals surface area contributed by atoms with Crippen molar-refractivity contribution in [3.63, 3.8) is 0 Å². The maximum absolute atomic E-state index is 11.3. The highest BCUT2D eigenvalue weighted by atomic mass is 16.1. The van der Waals surface area contributed by atoms with Crippen LogP contribution in [-0.4, -0.2) is 38.0 Å². The van der Waals surface area contributed by atoms with Crippen LogP contribution in [0.5, 0.6) is 0 Å². The molecule has 0 saturated carbocycles. The van der Waals surface area contributed by atoms with Gasteiger partial charge >= 0.3 is 0 Å².